The lowest BCUT2D eigenvalue weighted by atomic mass is 9.97. The van der Waals surface area contributed by atoms with Crippen LogP contribution in [0.15, 0.2) is 40.2 Å². The summed E-state index contributed by atoms with van der Waals surface area (Å²) in [5.74, 6) is -2.08. The number of carbonyl (C=O) groups is 1. The number of benzene rings is 1. The van der Waals surface area contributed by atoms with Gasteiger partial charge in [-0.1, -0.05) is 22.0 Å². The number of hydrogen-bond donors (Lipinski definition) is 0. The first-order valence-corrected chi connectivity index (χ1v) is 6.73. The zero-order chi connectivity index (χ0) is 13.1. The second-order valence-electron chi connectivity index (χ2n) is 3.57. The number of nitrogens with zero attached hydrogens (tertiary/aromatic N) is 1. The van der Waals surface area contributed by atoms with Crippen LogP contribution in [0.1, 0.15) is 21.2 Å². The second kappa shape index (κ2) is 5.42. The highest BCUT2D eigenvalue weighted by atomic mass is 79.9. The molecule has 1 aromatic carbocycles. The first-order valence-electron chi connectivity index (χ1n) is 5.05. The van der Waals surface area contributed by atoms with Crippen LogP contribution in [0.25, 0.3) is 0 Å². The van der Waals surface area contributed by atoms with Crippen LogP contribution >= 0.6 is 27.3 Å². The normalized spacial score (nSPS) is 11.8. The van der Waals surface area contributed by atoms with E-state index in [4.69, 9.17) is 5.26 Å². The molecule has 18 heavy (non-hydrogen) atoms. The van der Waals surface area contributed by atoms with Crippen molar-refractivity contribution in [3.8, 4) is 6.07 Å². The number of nitriles is 1. The Morgan fingerprint density at radius 2 is 2.22 bits per heavy atom. The molecule has 2 rings (SSSR count). The van der Waals surface area contributed by atoms with Crippen LogP contribution in [-0.4, -0.2) is 5.78 Å². The molecule has 0 saturated carbocycles. The van der Waals surface area contributed by atoms with Crippen molar-refractivity contribution in [2.24, 2.45) is 0 Å². The molecule has 90 valence electrons. The minimum absolute atomic E-state index is 0.0654. The first-order chi connectivity index (χ1) is 8.63. The summed E-state index contributed by atoms with van der Waals surface area (Å²) in [7, 11) is 0. The van der Waals surface area contributed by atoms with Crippen molar-refractivity contribution in [2.45, 2.75) is 5.92 Å². The molecule has 0 saturated heterocycles. The Morgan fingerprint density at radius 3 is 2.83 bits per heavy atom. The summed E-state index contributed by atoms with van der Waals surface area (Å²) >= 11 is 4.50. The number of carbonyl (C=O) groups excluding carboxylic acids is 1. The van der Waals surface area contributed by atoms with Crippen molar-refractivity contribution in [1.29, 1.82) is 5.26 Å². The molecule has 0 radical (unpaired) electrons. The van der Waals surface area contributed by atoms with Crippen LogP contribution in [0.5, 0.6) is 0 Å². The van der Waals surface area contributed by atoms with E-state index in [1.807, 2.05) is 6.07 Å². The lowest BCUT2D eigenvalue weighted by molar-refractivity contribution is 0.0976. The molecule has 0 aliphatic heterocycles. The molecule has 0 spiro atoms. The van der Waals surface area contributed by atoms with Gasteiger partial charge in [-0.05, 0) is 29.6 Å². The molecule has 1 aromatic heterocycles. The van der Waals surface area contributed by atoms with Crippen molar-refractivity contribution < 1.29 is 9.18 Å². The van der Waals surface area contributed by atoms with Crippen LogP contribution in [-0.2, 0) is 0 Å². The maximum atomic E-state index is 13.6. The van der Waals surface area contributed by atoms with E-state index < -0.39 is 17.5 Å². The van der Waals surface area contributed by atoms with Crippen molar-refractivity contribution in [3.05, 3.63) is 56.4 Å². The number of hydrogen-bond acceptors (Lipinski definition) is 3. The third-order valence-corrected chi connectivity index (χ3v) is 3.84. The number of rotatable bonds is 3. The minimum atomic E-state index is -0.950. The van der Waals surface area contributed by atoms with Gasteiger partial charge in [0.15, 0.2) is 5.78 Å². The Bertz CT molecular complexity index is 618. The molecule has 5 heteroatoms. The fourth-order valence-corrected chi connectivity index (χ4v) is 2.68. The molecule has 0 amide bonds. The predicted octanol–water partition coefficient (Wildman–Crippen LogP) is 4.14. The molecule has 0 bridgehead atoms. The lowest BCUT2D eigenvalue weighted by Crippen LogP contribution is -2.12. The van der Waals surface area contributed by atoms with E-state index in [0.717, 1.165) is 0 Å². The zero-order valence-corrected chi connectivity index (χ0v) is 11.5. The molecular formula is C13H7BrFNOS. The molecule has 1 unspecified atom stereocenters. The Hall–Kier alpha value is -1.51. The number of Topliss-reactive ketones (excluding diaryl/α,β-unsaturated/α-hetero) is 1. The molecule has 0 aliphatic rings. The quantitative estimate of drug-likeness (QED) is 0.796. The van der Waals surface area contributed by atoms with Gasteiger partial charge in [-0.15, -0.1) is 11.3 Å². The molecule has 0 aliphatic carbocycles. The Balaban J connectivity index is 2.42. The van der Waals surface area contributed by atoms with Gasteiger partial charge in [0.2, 0.25) is 0 Å². The molecule has 2 aromatic rings. The molecule has 1 atom stereocenters. The van der Waals surface area contributed by atoms with Crippen LogP contribution in [0.4, 0.5) is 4.39 Å². The Morgan fingerprint density at radius 1 is 1.44 bits per heavy atom. The standard InChI is InChI=1S/C13H7BrFNOS/c14-8-3-4-11(15)9(6-8)13(17)10(7-16)12-2-1-5-18-12/h1-6,10H. The van der Waals surface area contributed by atoms with Gasteiger partial charge in [-0.3, -0.25) is 4.79 Å². The monoisotopic (exact) mass is 323 g/mol. The minimum Gasteiger partial charge on any atom is -0.292 e. The average molecular weight is 324 g/mol. The summed E-state index contributed by atoms with van der Waals surface area (Å²) in [6, 6.07) is 9.51. The van der Waals surface area contributed by atoms with Gasteiger partial charge >= 0.3 is 0 Å². The Labute approximate surface area is 116 Å². The largest absolute Gasteiger partial charge is 0.292 e. The van der Waals surface area contributed by atoms with Gasteiger partial charge in [0.25, 0.3) is 0 Å². The molecular weight excluding hydrogens is 317 g/mol. The highest BCUT2D eigenvalue weighted by Crippen LogP contribution is 2.27. The van der Waals surface area contributed by atoms with Gasteiger partial charge in [-0.25, -0.2) is 4.39 Å². The van der Waals surface area contributed by atoms with E-state index in [0.29, 0.717) is 9.35 Å². The zero-order valence-electron chi connectivity index (χ0n) is 9.06. The summed E-state index contributed by atoms with van der Waals surface area (Å²) in [5.41, 5.74) is -0.0654. The van der Waals surface area contributed by atoms with E-state index in [2.05, 4.69) is 15.9 Å². The summed E-state index contributed by atoms with van der Waals surface area (Å²) in [6.45, 7) is 0. The lowest BCUT2D eigenvalue weighted by Gasteiger charge is -2.07. The van der Waals surface area contributed by atoms with Gasteiger partial charge < -0.3 is 0 Å². The summed E-state index contributed by atoms with van der Waals surface area (Å²) in [4.78, 5) is 12.8. The third-order valence-electron chi connectivity index (χ3n) is 2.41. The van der Waals surface area contributed by atoms with E-state index in [1.165, 1.54) is 29.5 Å². The van der Waals surface area contributed by atoms with E-state index in [-0.39, 0.29) is 5.56 Å². The highest BCUT2D eigenvalue weighted by molar-refractivity contribution is 9.10. The topological polar surface area (TPSA) is 40.9 Å². The van der Waals surface area contributed by atoms with Crippen LogP contribution in [0, 0.1) is 17.1 Å². The number of ketones is 1. The number of thiophene rings is 1. The molecule has 0 fully saturated rings. The summed E-state index contributed by atoms with van der Waals surface area (Å²) < 4.78 is 14.2. The van der Waals surface area contributed by atoms with Gasteiger partial charge in [0.05, 0.1) is 11.6 Å². The van der Waals surface area contributed by atoms with E-state index >= 15 is 0 Å². The molecule has 2 nitrogen and oxygen atoms in total. The second-order valence-corrected chi connectivity index (χ2v) is 5.46. The smallest absolute Gasteiger partial charge is 0.188 e. The van der Waals surface area contributed by atoms with E-state index in [9.17, 15) is 9.18 Å². The maximum Gasteiger partial charge on any atom is 0.188 e. The fourth-order valence-electron chi connectivity index (χ4n) is 1.55. The summed E-state index contributed by atoms with van der Waals surface area (Å²) in [5, 5.41) is 10.9. The Kier molecular flexibility index (Phi) is 3.90. The average Bonchev–Trinajstić information content (AvgIpc) is 2.87. The molecule has 1 heterocycles. The van der Waals surface area contributed by atoms with Crippen LogP contribution < -0.4 is 0 Å². The maximum absolute atomic E-state index is 13.6. The van der Waals surface area contributed by atoms with Crippen LogP contribution in [0.3, 0.4) is 0 Å². The first kappa shape index (κ1) is 12.9. The van der Waals surface area contributed by atoms with Crippen molar-refractivity contribution in [2.75, 3.05) is 0 Å². The van der Waals surface area contributed by atoms with Crippen LogP contribution in [0.2, 0.25) is 0 Å². The van der Waals surface area contributed by atoms with Crippen molar-refractivity contribution in [1.82, 2.24) is 0 Å². The van der Waals surface area contributed by atoms with Crippen molar-refractivity contribution >= 4 is 33.0 Å². The third kappa shape index (κ3) is 2.50. The fraction of sp³-hybridized carbons (Fsp3) is 0.0769. The SMILES string of the molecule is N#CC(C(=O)c1cc(Br)ccc1F)c1cccs1. The van der Waals surface area contributed by atoms with E-state index in [1.54, 1.807) is 17.5 Å². The van der Waals surface area contributed by atoms with Gasteiger partial charge in [0, 0.05) is 9.35 Å². The van der Waals surface area contributed by atoms with Crippen molar-refractivity contribution in [3.63, 3.8) is 0 Å². The summed E-state index contributed by atoms with van der Waals surface area (Å²) in [6.07, 6.45) is 0. The number of halogens is 2. The predicted molar refractivity (Wildman–Crippen MR) is 71.1 cm³/mol. The molecule has 0 N–H and O–H groups in total. The van der Waals surface area contributed by atoms with Gasteiger partial charge in [0.1, 0.15) is 11.7 Å². The van der Waals surface area contributed by atoms with Gasteiger partial charge in [-0.2, -0.15) is 5.26 Å². The highest BCUT2D eigenvalue weighted by Gasteiger charge is 2.25.